The summed E-state index contributed by atoms with van der Waals surface area (Å²) < 4.78 is 0. The summed E-state index contributed by atoms with van der Waals surface area (Å²) in [7, 11) is 0. The maximum atomic E-state index is 10.9. The van der Waals surface area contributed by atoms with Crippen molar-refractivity contribution in [3.8, 4) is 0 Å². The van der Waals surface area contributed by atoms with Crippen LogP contribution < -0.4 is 5.32 Å². The highest BCUT2D eigenvalue weighted by Crippen LogP contribution is 2.23. The average molecular weight is 153 g/mol. The van der Waals surface area contributed by atoms with E-state index in [1.165, 1.54) is 0 Å². The Morgan fingerprint density at radius 2 is 2.18 bits per heavy atom. The smallest absolute Gasteiger partial charge is 0.243 e. The maximum Gasteiger partial charge on any atom is 0.243 e. The van der Waals surface area contributed by atoms with Crippen molar-refractivity contribution in [2.45, 2.75) is 33.2 Å². The van der Waals surface area contributed by atoms with Gasteiger partial charge in [-0.2, -0.15) is 0 Å². The molecule has 1 atom stereocenters. The molecule has 1 N–H and O–H groups in total. The second kappa shape index (κ2) is 2.68. The van der Waals surface area contributed by atoms with Gasteiger partial charge in [0.15, 0.2) is 0 Å². The number of carbonyl (C=O) groups excluding carboxylic acids is 1. The highest BCUT2D eigenvalue weighted by Gasteiger charge is 2.26. The molecular formula is C9H15NO. The predicted octanol–water partition coefficient (Wildman–Crippen LogP) is 1.48. The number of nitrogens with one attached hydrogen (secondary N) is 1. The zero-order valence-electron chi connectivity index (χ0n) is 7.35. The van der Waals surface area contributed by atoms with E-state index in [2.05, 4.69) is 26.1 Å². The number of carbonyl (C=O) groups is 1. The predicted molar refractivity (Wildman–Crippen MR) is 45.1 cm³/mol. The van der Waals surface area contributed by atoms with E-state index in [1.807, 2.05) is 6.08 Å². The van der Waals surface area contributed by atoms with Gasteiger partial charge in [0.1, 0.15) is 0 Å². The molecule has 1 aliphatic rings. The zero-order chi connectivity index (χ0) is 8.48. The highest BCUT2D eigenvalue weighted by molar-refractivity contribution is 5.88. The minimum atomic E-state index is 0.0381. The molecule has 62 valence electrons. The molecule has 1 heterocycles. The minimum absolute atomic E-state index is 0.0381. The first-order valence-corrected chi connectivity index (χ1v) is 3.97. The summed E-state index contributed by atoms with van der Waals surface area (Å²) in [6.45, 7) is 6.41. The van der Waals surface area contributed by atoms with Crippen molar-refractivity contribution in [3.05, 3.63) is 12.2 Å². The van der Waals surface area contributed by atoms with Crippen molar-refractivity contribution < 1.29 is 4.79 Å². The third kappa shape index (κ3) is 2.07. The van der Waals surface area contributed by atoms with Crippen LogP contribution in [0.5, 0.6) is 0 Å². The molecule has 0 spiro atoms. The fourth-order valence-electron chi connectivity index (χ4n) is 1.16. The molecule has 0 aliphatic carbocycles. The minimum Gasteiger partial charge on any atom is -0.349 e. The molecule has 11 heavy (non-hydrogen) atoms. The first-order chi connectivity index (χ1) is 5.00. The molecule has 0 aromatic rings. The average Bonchev–Trinajstić information content (AvgIpc) is 1.86. The van der Waals surface area contributed by atoms with Gasteiger partial charge >= 0.3 is 0 Å². The van der Waals surface area contributed by atoms with Gasteiger partial charge in [-0.15, -0.1) is 0 Å². The van der Waals surface area contributed by atoms with Crippen LogP contribution in [-0.4, -0.2) is 11.9 Å². The second-order valence-electron chi connectivity index (χ2n) is 4.07. The van der Waals surface area contributed by atoms with Gasteiger partial charge in [-0.05, 0) is 17.9 Å². The zero-order valence-corrected chi connectivity index (χ0v) is 7.35. The van der Waals surface area contributed by atoms with E-state index in [1.54, 1.807) is 6.08 Å². The van der Waals surface area contributed by atoms with Gasteiger partial charge in [0.05, 0.1) is 0 Å². The summed E-state index contributed by atoms with van der Waals surface area (Å²) in [5, 5.41) is 2.93. The Kier molecular flexibility index (Phi) is 2.03. The van der Waals surface area contributed by atoms with Gasteiger partial charge in [0, 0.05) is 6.04 Å². The number of hydrogen-bond donors (Lipinski definition) is 1. The molecule has 2 nitrogen and oxygen atoms in total. The van der Waals surface area contributed by atoms with Crippen LogP contribution in [0.15, 0.2) is 12.2 Å². The van der Waals surface area contributed by atoms with Crippen LogP contribution in [-0.2, 0) is 4.79 Å². The van der Waals surface area contributed by atoms with E-state index >= 15 is 0 Å². The van der Waals surface area contributed by atoms with Crippen LogP contribution in [0.1, 0.15) is 27.2 Å². The largest absolute Gasteiger partial charge is 0.349 e. The van der Waals surface area contributed by atoms with Gasteiger partial charge < -0.3 is 5.32 Å². The molecule has 0 fully saturated rings. The lowest BCUT2D eigenvalue weighted by molar-refractivity contribution is -0.118. The molecule has 0 saturated carbocycles. The van der Waals surface area contributed by atoms with Crippen LogP contribution in [0.3, 0.4) is 0 Å². The molecule has 0 aromatic carbocycles. The Bertz CT molecular complexity index is 188. The van der Waals surface area contributed by atoms with E-state index in [0.717, 1.165) is 6.42 Å². The molecule has 0 aromatic heterocycles. The quantitative estimate of drug-likeness (QED) is 0.561. The third-order valence-corrected chi connectivity index (χ3v) is 2.00. The van der Waals surface area contributed by atoms with Crippen LogP contribution in [0.4, 0.5) is 0 Å². The first-order valence-electron chi connectivity index (χ1n) is 3.97. The van der Waals surface area contributed by atoms with Gasteiger partial charge in [-0.3, -0.25) is 4.79 Å². The Labute approximate surface area is 67.7 Å². The van der Waals surface area contributed by atoms with E-state index in [0.29, 0.717) is 6.04 Å². The maximum absolute atomic E-state index is 10.9. The Balaban J connectivity index is 2.64. The summed E-state index contributed by atoms with van der Waals surface area (Å²) >= 11 is 0. The number of rotatable bonds is 0. The van der Waals surface area contributed by atoms with Crippen molar-refractivity contribution in [1.82, 2.24) is 5.32 Å². The molecule has 0 saturated heterocycles. The Morgan fingerprint density at radius 1 is 1.55 bits per heavy atom. The molecule has 0 radical (unpaired) electrons. The van der Waals surface area contributed by atoms with Crippen molar-refractivity contribution >= 4 is 5.91 Å². The summed E-state index contributed by atoms with van der Waals surface area (Å²) in [6.07, 6.45) is 4.49. The summed E-state index contributed by atoms with van der Waals surface area (Å²) in [6, 6.07) is 0.292. The molecule has 2 heteroatoms. The van der Waals surface area contributed by atoms with E-state index in [9.17, 15) is 4.79 Å². The van der Waals surface area contributed by atoms with Crippen molar-refractivity contribution in [2.24, 2.45) is 5.41 Å². The van der Waals surface area contributed by atoms with Gasteiger partial charge in [0.2, 0.25) is 5.91 Å². The Morgan fingerprint density at radius 3 is 2.55 bits per heavy atom. The van der Waals surface area contributed by atoms with Crippen molar-refractivity contribution in [1.29, 1.82) is 0 Å². The van der Waals surface area contributed by atoms with Crippen LogP contribution in [0.25, 0.3) is 0 Å². The first kappa shape index (κ1) is 8.31. The molecule has 1 unspecified atom stereocenters. The standard InChI is InChI=1S/C9H15NO/c1-9(2,3)7-5-4-6-8(11)10-7/h4,6-7H,5H2,1-3H3,(H,10,11). The monoisotopic (exact) mass is 153 g/mol. The van der Waals surface area contributed by atoms with Gasteiger partial charge in [0.25, 0.3) is 0 Å². The van der Waals surface area contributed by atoms with E-state index in [4.69, 9.17) is 0 Å². The Hall–Kier alpha value is -0.790. The third-order valence-electron chi connectivity index (χ3n) is 2.00. The van der Waals surface area contributed by atoms with Crippen LogP contribution in [0.2, 0.25) is 0 Å². The molecule has 0 bridgehead atoms. The highest BCUT2D eigenvalue weighted by atomic mass is 16.1. The number of hydrogen-bond acceptors (Lipinski definition) is 1. The summed E-state index contributed by atoms with van der Waals surface area (Å²) in [4.78, 5) is 10.9. The molecular weight excluding hydrogens is 138 g/mol. The molecule has 1 aliphatic heterocycles. The van der Waals surface area contributed by atoms with E-state index in [-0.39, 0.29) is 11.3 Å². The lowest BCUT2D eigenvalue weighted by Gasteiger charge is -2.32. The van der Waals surface area contributed by atoms with E-state index < -0.39 is 0 Å². The van der Waals surface area contributed by atoms with Crippen LogP contribution >= 0.6 is 0 Å². The lowest BCUT2D eigenvalue weighted by atomic mass is 9.83. The van der Waals surface area contributed by atoms with Crippen molar-refractivity contribution in [2.75, 3.05) is 0 Å². The van der Waals surface area contributed by atoms with Crippen LogP contribution in [0, 0.1) is 5.41 Å². The SMILES string of the molecule is CC(C)(C)C1CC=CC(=O)N1. The molecule has 1 amide bonds. The molecule has 1 rings (SSSR count). The second-order valence-corrected chi connectivity index (χ2v) is 4.07. The van der Waals surface area contributed by atoms with Gasteiger partial charge in [-0.1, -0.05) is 26.8 Å². The normalized spacial score (nSPS) is 25.0. The number of amides is 1. The van der Waals surface area contributed by atoms with Crippen molar-refractivity contribution in [3.63, 3.8) is 0 Å². The fourth-order valence-corrected chi connectivity index (χ4v) is 1.16. The lowest BCUT2D eigenvalue weighted by Crippen LogP contribution is -2.44. The summed E-state index contributed by atoms with van der Waals surface area (Å²) in [5.74, 6) is 0.0381. The van der Waals surface area contributed by atoms with Gasteiger partial charge in [-0.25, -0.2) is 0 Å². The summed E-state index contributed by atoms with van der Waals surface area (Å²) in [5.41, 5.74) is 0.167. The fraction of sp³-hybridized carbons (Fsp3) is 0.667. The topological polar surface area (TPSA) is 29.1 Å².